The van der Waals surface area contributed by atoms with Crippen LogP contribution in [0.3, 0.4) is 0 Å². The van der Waals surface area contributed by atoms with E-state index in [1.807, 2.05) is 0 Å². The predicted molar refractivity (Wildman–Crippen MR) is 84.8 cm³/mol. The molecule has 0 aliphatic carbocycles. The van der Waals surface area contributed by atoms with Crippen molar-refractivity contribution in [1.29, 1.82) is 0 Å². The van der Waals surface area contributed by atoms with Crippen molar-refractivity contribution in [2.24, 2.45) is 0 Å². The Morgan fingerprint density at radius 3 is 2.26 bits per heavy atom. The normalized spacial score (nSPS) is 15.2. The van der Waals surface area contributed by atoms with Gasteiger partial charge in [-0.15, -0.1) is 0 Å². The van der Waals surface area contributed by atoms with Crippen LogP contribution in [0.1, 0.15) is 60.3 Å². The van der Waals surface area contributed by atoms with Gasteiger partial charge in [-0.3, -0.25) is 4.90 Å². The van der Waals surface area contributed by atoms with Gasteiger partial charge in [-0.25, -0.2) is 0 Å². The Bertz CT molecular complexity index is 197. The number of hydrogen-bond donors (Lipinski definition) is 1. The van der Waals surface area contributed by atoms with E-state index in [2.05, 4.69) is 51.9 Å². The van der Waals surface area contributed by atoms with Crippen LogP contribution < -0.4 is 5.32 Å². The fourth-order valence-corrected chi connectivity index (χ4v) is 2.57. The second-order valence-electron chi connectivity index (χ2n) is 5.73. The van der Waals surface area contributed by atoms with Crippen molar-refractivity contribution in [2.75, 3.05) is 26.7 Å². The van der Waals surface area contributed by atoms with Crippen LogP contribution in [0.25, 0.3) is 0 Å². The smallest absolute Gasteiger partial charge is 0.0596 e. The Morgan fingerprint density at radius 1 is 1.11 bits per heavy atom. The average Bonchev–Trinajstić information content (AvgIpc) is 2.36. The first-order chi connectivity index (χ1) is 9.06. The van der Waals surface area contributed by atoms with Gasteiger partial charge in [-0.2, -0.15) is 0 Å². The van der Waals surface area contributed by atoms with Crippen molar-refractivity contribution in [3.05, 3.63) is 0 Å². The summed E-state index contributed by atoms with van der Waals surface area (Å²) in [6.07, 6.45) is 5.23. The minimum atomic E-state index is 0.332. The predicted octanol–water partition coefficient (Wildman–Crippen LogP) is 3.29. The summed E-state index contributed by atoms with van der Waals surface area (Å²) in [5.74, 6) is 0. The zero-order valence-electron chi connectivity index (χ0n) is 14.0. The van der Waals surface area contributed by atoms with Crippen LogP contribution in [-0.4, -0.2) is 49.8 Å². The van der Waals surface area contributed by atoms with Gasteiger partial charge in [0.05, 0.1) is 12.7 Å². The third kappa shape index (κ3) is 8.61. The van der Waals surface area contributed by atoms with Crippen molar-refractivity contribution in [1.82, 2.24) is 10.2 Å². The van der Waals surface area contributed by atoms with Crippen LogP contribution in [-0.2, 0) is 4.74 Å². The van der Waals surface area contributed by atoms with Gasteiger partial charge in [0.25, 0.3) is 0 Å². The first-order valence-corrected chi connectivity index (χ1v) is 8.11. The number of hydrogen-bond acceptors (Lipinski definition) is 3. The van der Waals surface area contributed by atoms with Gasteiger partial charge < -0.3 is 10.1 Å². The molecule has 2 unspecified atom stereocenters. The Balaban J connectivity index is 4.29. The molecule has 0 aromatic heterocycles. The molecule has 1 N–H and O–H groups in total. The lowest BCUT2D eigenvalue weighted by Crippen LogP contribution is -2.49. The lowest BCUT2D eigenvalue weighted by atomic mass is 9.99. The van der Waals surface area contributed by atoms with Crippen LogP contribution in [0.5, 0.6) is 0 Å². The third-order valence-electron chi connectivity index (χ3n) is 3.60. The van der Waals surface area contributed by atoms with Crippen molar-refractivity contribution >= 4 is 0 Å². The fourth-order valence-electron chi connectivity index (χ4n) is 2.57. The van der Waals surface area contributed by atoms with E-state index in [0.29, 0.717) is 18.2 Å². The summed E-state index contributed by atoms with van der Waals surface area (Å²) < 4.78 is 5.67. The summed E-state index contributed by atoms with van der Waals surface area (Å²) in [4.78, 5) is 2.46. The van der Waals surface area contributed by atoms with Gasteiger partial charge in [0, 0.05) is 18.6 Å². The molecule has 0 aliphatic heterocycles. The van der Waals surface area contributed by atoms with Gasteiger partial charge in [0.1, 0.15) is 0 Å². The van der Waals surface area contributed by atoms with Crippen LogP contribution in [0.15, 0.2) is 0 Å². The van der Waals surface area contributed by atoms with E-state index in [1.165, 1.54) is 25.7 Å². The molecule has 19 heavy (non-hydrogen) atoms. The van der Waals surface area contributed by atoms with Crippen molar-refractivity contribution < 1.29 is 4.74 Å². The molecular weight excluding hydrogens is 236 g/mol. The highest BCUT2D eigenvalue weighted by Gasteiger charge is 2.22. The van der Waals surface area contributed by atoms with Crippen molar-refractivity contribution in [3.63, 3.8) is 0 Å². The second-order valence-corrected chi connectivity index (χ2v) is 5.73. The van der Waals surface area contributed by atoms with Crippen LogP contribution >= 0.6 is 0 Å². The zero-order chi connectivity index (χ0) is 14.7. The molecule has 0 bridgehead atoms. The van der Waals surface area contributed by atoms with Gasteiger partial charge in [-0.05, 0) is 46.7 Å². The number of nitrogens with one attached hydrogen (secondary N) is 1. The molecule has 2 atom stereocenters. The molecule has 0 rings (SSSR count). The van der Waals surface area contributed by atoms with Crippen molar-refractivity contribution in [2.45, 2.75) is 78.5 Å². The molecule has 3 nitrogen and oxygen atoms in total. The molecule has 0 fully saturated rings. The summed E-state index contributed by atoms with van der Waals surface area (Å²) in [5, 5.41) is 3.72. The molecule has 3 heteroatoms. The molecule has 0 aromatic carbocycles. The lowest BCUT2D eigenvalue weighted by molar-refractivity contribution is 0.0501. The van der Waals surface area contributed by atoms with Crippen LogP contribution in [0.2, 0.25) is 0 Å². The van der Waals surface area contributed by atoms with Gasteiger partial charge in [0.15, 0.2) is 0 Å². The quantitative estimate of drug-likeness (QED) is 0.590. The molecule has 0 saturated heterocycles. The van der Waals surface area contributed by atoms with Gasteiger partial charge >= 0.3 is 0 Å². The molecule has 0 heterocycles. The van der Waals surface area contributed by atoms with E-state index in [1.54, 1.807) is 0 Å². The summed E-state index contributed by atoms with van der Waals surface area (Å²) in [6, 6.07) is 1.22. The molecule has 116 valence electrons. The number of rotatable bonds is 12. The second kappa shape index (κ2) is 11.7. The number of likely N-dealkylation sites (N-methyl/N-ethyl adjacent to an activating group) is 1. The lowest BCUT2D eigenvalue weighted by Gasteiger charge is -2.35. The van der Waals surface area contributed by atoms with Crippen molar-refractivity contribution in [3.8, 4) is 0 Å². The highest BCUT2D eigenvalue weighted by molar-refractivity contribution is 4.82. The standard InChI is InChI=1S/C16H36N2O/c1-7-10-15(17-11-8-2)16(9-3)18(6)12-13-19-14(4)5/h14-17H,7-13H2,1-6H3. The summed E-state index contributed by atoms with van der Waals surface area (Å²) >= 11 is 0. The van der Waals surface area contributed by atoms with E-state index in [9.17, 15) is 0 Å². The van der Waals surface area contributed by atoms with E-state index in [4.69, 9.17) is 4.74 Å². The molecular formula is C16H36N2O. The first kappa shape index (κ1) is 18.9. The van der Waals surface area contributed by atoms with Gasteiger partial charge in [0.2, 0.25) is 0 Å². The Kier molecular flexibility index (Phi) is 11.6. The van der Waals surface area contributed by atoms with E-state index >= 15 is 0 Å². The maximum atomic E-state index is 5.67. The third-order valence-corrected chi connectivity index (χ3v) is 3.60. The van der Waals surface area contributed by atoms with Crippen LogP contribution in [0, 0.1) is 0 Å². The van der Waals surface area contributed by atoms with Gasteiger partial charge in [-0.1, -0.05) is 27.2 Å². The van der Waals surface area contributed by atoms with E-state index in [-0.39, 0.29) is 0 Å². The Morgan fingerprint density at radius 2 is 1.79 bits per heavy atom. The summed E-state index contributed by atoms with van der Waals surface area (Å²) in [7, 11) is 2.23. The summed E-state index contributed by atoms with van der Waals surface area (Å²) in [6.45, 7) is 14.0. The SMILES string of the molecule is CCCNC(CCC)C(CC)N(C)CCOC(C)C. The monoisotopic (exact) mass is 272 g/mol. The maximum Gasteiger partial charge on any atom is 0.0596 e. The molecule has 0 radical (unpaired) electrons. The summed E-state index contributed by atoms with van der Waals surface area (Å²) in [5.41, 5.74) is 0. The fraction of sp³-hybridized carbons (Fsp3) is 1.00. The Hall–Kier alpha value is -0.120. The number of nitrogens with zero attached hydrogens (tertiary/aromatic N) is 1. The highest BCUT2D eigenvalue weighted by atomic mass is 16.5. The minimum absolute atomic E-state index is 0.332. The Labute approximate surface area is 121 Å². The first-order valence-electron chi connectivity index (χ1n) is 8.11. The minimum Gasteiger partial charge on any atom is -0.377 e. The van der Waals surface area contributed by atoms with Crippen LogP contribution in [0.4, 0.5) is 0 Å². The molecule has 0 amide bonds. The zero-order valence-corrected chi connectivity index (χ0v) is 14.0. The van der Waals surface area contributed by atoms with E-state index in [0.717, 1.165) is 19.7 Å². The topological polar surface area (TPSA) is 24.5 Å². The maximum absolute atomic E-state index is 5.67. The number of ether oxygens (including phenoxy) is 1. The molecule has 0 spiro atoms. The molecule has 0 aromatic rings. The highest BCUT2D eigenvalue weighted by Crippen LogP contribution is 2.12. The average molecular weight is 272 g/mol. The molecule has 0 aliphatic rings. The van der Waals surface area contributed by atoms with E-state index < -0.39 is 0 Å². The molecule has 0 saturated carbocycles. The largest absolute Gasteiger partial charge is 0.377 e.